The fraction of sp³-hybridized carbons (Fsp3) is 1.00. The van der Waals surface area contributed by atoms with E-state index >= 15 is 0 Å². The van der Waals surface area contributed by atoms with Gasteiger partial charge in [0.1, 0.15) is 23.0 Å². The third kappa shape index (κ3) is 3.99. The number of halogens is 5. The first-order chi connectivity index (χ1) is 5.45. The number of phosphoric acid groups is 1. The van der Waals surface area contributed by atoms with Gasteiger partial charge in [-0.25, -0.2) is 25.1 Å². The van der Waals surface area contributed by atoms with Gasteiger partial charge in [0, 0.05) is 0 Å². The summed E-state index contributed by atoms with van der Waals surface area (Å²) in [6, 6.07) is 0. The van der Waals surface area contributed by atoms with Gasteiger partial charge in [-0.1, -0.05) is 4.73 Å². The average Bonchev–Trinajstić information content (AvgIpc) is 2.04. The normalized spacial score (nSPS) is 19.2. The number of hydrogen-bond donors (Lipinski definition) is 0. The smallest absolute Gasteiger partial charge is 0.243 e. The van der Waals surface area contributed by atoms with Crippen molar-refractivity contribution in [3.8, 4) is 0 Å². The van der Waals surface area contributed by atoms with Crippen molar-refractivity contribution < 1.29 is 34.4 Å². The van der Waals surface area contributed by atoms with Crippen molar-refractivity contribution in [1.82, 2.24) is 0 Å². The van der Waals surface area contributed by atoms with E-state index in [0.29, 0.717) is 0 Å². The molecular weight excluding hydrogens is 322 g/mol. The van der Waals surface area contributed by atoms with Crippen LogP contribution in [0, 0.1) is 0 Å². The van der Waals surface area contributed by atoms with Gasteiger partial charge in [-0.3, -0.25) is 0 Å². The van der Waals surface area contributed by atoms with E-state index in [2.05, 4.69) is 12.1 Å². The largest absolute Gasteiger partial charge is 0.518 e. The van der Waals surface area contributed by atoms with Crippen molar-refractivity contribution in [3.05, 3.63) is 0 Å². The minimum atomic E-state index is -4.83. The van der Waals surface area contributed by atoms with Crippen LogP contribution >= 0.6 is 30.8 Å². The van der Waals surface area contributed by atoms with Crippen molar-refractivity contribution in [3.63, 3.8) is 0 Å². The molecule has 2 unspecified atom stereocenters. The second-order valence-corrected chi connectivity index (χ2v) is 3.94. The third-order valence-corrected chi connectivity index (χ3v) is 2.84. The molecule has 0 aromatic rings. The topological polar surface area (TPSA) is 44.8 Å². The molecule has 0 radical (unpaired) electrons. The van der Waals surface area contributed by atoms with Crippen molar-refractivity contribution >= 4 is 30.8 Å². The maximum atomic E-state index is 11.9. The summed E-state index contributed by atoms with van der Waals surface area (Å²) in [5, 5.41) is 0. The van der Waals surface area contributed by atoms with Crippen molar-refractivity contribution in [2.45, 2.75) is 12.8 Å². The minimum Gasteiger partial charge on any atom is -0.243 e. The van der Waals surface area contributed by atoms with Gasteiger partial charge in [-0.2, -0.15) is 0 Å². The molecule has 4 nitrogen and oxygen atoms in total. The average molecular weight is 324 g/mol. The summed E-state index contributed by atoms with van der Waals surface area (Å²) in [6.45, 7) is 0. The molecule has 0 aliphatic heterocycles. The molecule has 0 aliphatic carbocycles. The SMILES string of the molecule is O=P(OF)(OI)OC(F)C(F)F. The summed E-state index contributed by atoms with van der Waals surface area (Å²) in [4.78, 5) is 0. The van der Waals surface area contributed by atoms with Crippen LogP contribution in [0.1, 0.15) is 0 Å². The molecule has 0 fully saturated rings. The Labute approximate surface area is 78.4 Å². The Balaban J connectivity index is 4.12. The third-order valence-electron chi connectivity index (χ3n) is 0.597. The number of rotatable bonds is 5. The number of alkyl halides is 3. The van der Waals surface area contributed by atoms with Crippen LogP contribution in [0.4, 0.5) is 17.7 Å². The Morgan fingerprint density at radius 1 is 1.33 bits per heavy atom. The second-order valence-electron chi connectivity index (χ2n) is 1.38. The first-order valence-corrected chi connectivity index (χ1v) is 4.60. The van der Waals surface area contributed by atoms with E-state index in [0.717, 1.165) is 23.0 Å². The Hall–Kier alpha value is 0.560. The van der Waals surface area contributed by atoms with Crippen LogP contribution in [0.2, 0.25) is 0 Å². The zero-order valence-electron chi connectivity index (χ0n) is 5.12. The lowest BCUT2D eigenvalue weighted by Crippen LogP contribution is -2.14. The van der Waals surface area contributed by atoms with Crippen LogP contribution in [-0.2, 0) is 16.7 Å². The second kappa shape index (κ2) is 5.32. The highest BCUT2D eigenvalue weighted by atomic mass is 127. The van der Waals surface area contributed by atoms with Crippen LogP contribution in [-0.4, -0.2) is 12.8 Å². The minimum absolute atomic E-state index is 0.858. The lowest BCUT2D eigenvalue weighted by molar-refractivity contribution is -0.109. The Morgan fingerprint density at radius 2 is 1.83 bits per heavy atom. The molecular formula is C2H2F4IO4P. The summed E-state index contributed by atoms with van der Waals surface area (Å²) in [7, 11) is -4.83. The standard InChI is InChI=1S/C2H2F4IO4P/c3-1(4)2(5)9-12(8,10-6)11-7/h1-2H. The summed E-state index contributed by atoms with van der Waals surface area (Å²) in [5.41, 5.74) is 0. The molecule has 0 aromatic heterocycles. The van der Waals surface area contributed by atoms with E-state index in [9.17, 15) is 22.3 Å². The Morgan fingerprint density at radius 3 is 2.08 bits per heavy atom. The van der Waals surface area contributed by atoms with Crippen LogP contribution in [0.3, 0.4) is 0 Å². The molecule has 0 amide bonds. The first kappa shape index (κ1) is 12.6. The molecule has 2 atom stereocenters. The molecule has 0 N–H and O–H groups in total. The van der Waals surface area contributed by atoms with Crippen LogP contribution in [0.15, 0.2) is 0 Å². The molecule has 0 heterocycles. The van der Waals surface area contributed by atoms with Gasteiger partial charge in [0.25, 0.3) is 12.8 Å². The quantitative estimate of drug-likeness (QED) is 0.443. The predicted molar refractivity (Wildman–Crippen MR) is 36.9 cm³/mol. The maximum Gasteiger partial charge on any atom is 0.518 e. The van der Waals surface area contributed by atoms with Gasteiger partial charge in [-0.05, 0) is 4.53 Å². The first-order valence-electron chi connectivity index (χ1n) is 2.26. The van der Waals surface area contributed by atoms with Gasteiger partial charge in [0.15, 0.2) is 0 Å². The van der Waals surface area contributed by atoms with Crippen molar-refractivity contribution in [1.29, 1.82) is 0 Å². The highest BCUT2D eigenvalue weighted by Gasteiger charge is 2.36. The molecule has 0 aliphatic rings. The van der Waals surface area contributed by atoms with Crippen molar-refractivity contribution in [2.75, 3.05) is 0 Å². The molecule has 0 rings (SSSR count). The molecule has 12 heavy (non-hydrogen) atoms. The van der Waals surface area contributed by atoms with Crippen LogP contribution in [0.25, 0.3) is 0 Å². The molecule has 10 heteroatoms. The zero-order chi connectivity index (χ0) is 9.78. The van der Waals surface area contributed by atoms with Gasteiger partial charge in [0.2, 0.25) is 0 Å². The molecule has 0 spiro atoms. The fourth-order valence-electron chi connectivity index (χ4n) is 0.213. The van der Waals surface area contributed by atoms with Gasteiger partial charge < -0.3 is 0 Å². The predicted octanol–water partition coefficient (Wildman–Crippen LogP) is 2.94. The summed E-state index contributed by atoms with van der Waals surface area (Å²) < 4.78 is 65.8. The van der Waals surface area contributed by atoms with E-state index in [1.54, 1.807) is 0 Å². The van der Waals surface area contributed by atoms with Crippen LogP contribution in [0.5, 0.6) is 0 Å². The zero-order valence-corrected chi connectivity index (χ0v) is 8.18. The van der Waals surface area contributed by atoms with E-state index in [1.165, 1.54) is 0 Å². The monoisotopic (exact) mass is 324 g/mol. The van der Waals surface area contributed by atoms with E-state index < -0.39 is 20.6 Å². The lowest BCUT2D eigenvalue weighted by Gasteiger charge is -2.11. The van der Waals surface area contributed by atoms with E-state index in [-0.39, 0.29) is 0 Å². The lowest BCUT2D eigenvalue weighted by atomic mass is 10.7. The Kier molecular flexibility index (Phi) is 5.57. The van der Waals surface area contributed by atoms with E-state index in [4.69, 9.17) is 0 Å². The molecule has 0 saturated heterocycles. The van der Waals surface area contributed by atoms with Crippen molar-refractivity contribution in [2.24, 2.45) is 0 Å². The molecule has 74 valence electrons. The fourth-order valence-corrected chi connectivity index (χ4v) is 1.10. The number of hydrogen-bond acceptors (Lipinski definition) is 4. The Bertz CT molecular complexity index is 170. The maximum absolute atomic E-state index is 11.9. The summed E-state index contributed by atoms with van der Waals surface area (Å²) >= 11 is 0.858. The highest BCUT2D eigenvalue weighted by molar-refractivity contribution is 14.1. The summed E-state index contributed by atoms with van der Waals surface area (Å²) in [6.07, 6.45) is -6.78. The van der Waals surface area contributed by atoms with Gasteiger partial charge in [0.05, 0.1) is 0 Å². The summed E-state index contributed by atoms with van der Waals surface area (Å²) in [5.74, 6) is 0. The highest BCUT2D eigenvalue weighted by Crippen LogP contribution is 2.53. The van der Waals surface area contributed by atoms with Gasteiger partial charge in [-0.15, -0.1) is 0 Å². The molecule has 0 saturated carbocycles. The van der Waals surface area contributed by atoms with Gasteiger partial charge >= 0.3 is 7.82 Å². The molecule has 0 aromatic carbocycles. The molecule has 0 bridgehead atoms. The van der Waals surface area contributed by atoms with E-state index in [1.807, 2.05) is 0 Å². The van der Waals surface area contributed by atoms with Crippen LogP contribution < -0.4 is 0 Å².